The van der Waals surface area contributed by atoms with Crippen LogP contribution in [-0.4, -0.2) is 91.3 Å². The van der Waals surface area contributed by atoms with E-state index < -0.39 is 5.97 Å². The molecule has 2 saturated heterocycles. The third-order valence-electron chi connectivity index (χ3n) is 6.63. The number of halogens is 1. The Hall–Kier alpha value is -3.49. The van der Waals surface area contributed by atoms with Crippen molar-refractivity contribution < 1.29 is 14.3 Å². The summed E-state index contributed by atoms with van der Waals surface area (Å²) in [6.07, 6.45) is 5.22. The molecule has 3 N–H and O–H groups in total. The van der Waals surface area contributed by atoms with Gasteiger partial charge in [0.15, 0.2) is 10.9 Å². The number of hydrogen-bond acceptors (Lipinski definition) is 12. The molecule has 15 heteroatoms. The number of nitrogen functional groups attached to an aromatic ring is 1. The molecule has 0 radical (unpaired) electrons. The van der Waals surface area contributed by atoms with Gasteiger partial charge in [0, 0.05) is 45.8 Å². The lowest BCUT2D eigenvalue weighted by molar-refractivity contribution is 0.0702. The standard InChI is InChI=1S/C22H26N10O3S.ClH/c23-19-26-20(27-21-25-17(28-32(19)21)15-4-2-10-35-15)31-5-1-3-14(13-31)12-29-6-8-30(9-7-29)22-24-11-16(36-22)18(33)34;/h2,4,10-11,14H,1,3,5-9,12-13H2,(H,33,34)(H2,23,25,26,27,28);1H/t14-;/m0./s1. The van der Waals surface area contributed by atoms with Gasteiger partial charge in [-0.1, -0.05) is 11.3 Å². The van der Waals surface area contributed by atoms with Crippen LogP contribution in [0.4, 0.5) is 17.0 Å². The minimum absolute atomic E-state index is 0. The summed E-state index contributed by atoms with van der Waals surface area (Å²) in [5.74, 6) is 1.75. The molecule has 4 aromatic rings. The quantitative estimate of drug-likeness (QED) is 0.363. The number of aromatic nitrogens is 6. The fourth-order valence-corrected chi connectivity index (χ4v) is 5.64. The smallest absolute Gasteiger partial charge is 0.347 e. The van der Waals surface area contributed by atoms with Crippen molar-refractivity contribution in [3.63, 3.8) is 0 Å². The van der Waals surface area contributed by atoms with Crippen molar-refractivity contribution in [2.75, 3.05) is 61.3 Å². The zero-order chi connectivity index (χ0) is 24.6. The predicted octanol–water partition coefficient (Wildman–Crippen LogP) is 1.98. The number of furan rings is 1. The van der Waals surface area contributed by atoms with Crippen LogP contribution >= 0.6 is 23.7 Å². The molecule has 0 bridgehead atoms. The third kappa shape index (κ3) is 5.17. The second-order valence-corrected chi connectivity index (χ2v) is 10.1. The van der Waals surface area contributed by atoms with E-state index in [1.54, 1.807) is 18.4 Å². The first kappa shape index (κ1) is 25.2. The van der Waals surface area contributed by atoms with Crippen LogP contribution in [-0.2, 0) is 0 Å². The van der Waals surface area contributed by atoms with Gasteiger partial charge in [-0.05, 0) is 30.9 Å². The van der Waals surface area contributed by atoms with Crippen molar-refractivity contribution in [1.82, 2.24) is 34.4 Å². The molecule has 0 saturated carbocycles. The third-order valence-corrected chi connectivity index (χ3v) is 7.67. The van der Waals surface area contributed by atoms with Gasteiger partial charge in [-0.15, -0.1) is 17.5 Å². The molecule has 13 nitrogen and oxygen atoms in total. The molecule has 37 heavy (non-hydrogen) atoms. The highest BCUT2D eigenvalue weighted by Crippen LogP contribution is 2.26. The first-order valence-electron chi connectivity index (χ1n) is 11.9. The summed E-state index contributed by atoms with van der Waals surface area (Å²) >= 11 is 1.23. The van der Waals surface area contributed by atoms with Crippen LogP contribution in [0.25, 0.3) is 17.4 Å². The maximum Gasteiger partial charge on any atom is 0.347 e. The number of piperazine rings is 1. The summed E-state index contributed by atoms with van der Waals surface area (Å²) in [6, 6.07) is 3.57. The fraction of sp³-hybridized carbons (Fsp3) is 0.455. The van der Waals surface area contributed by atoms with E-state index in [4.69, 9.17) is 15.3 Å². The molecule has 6 rings (SSSR count). The SMILES string of the molecule is Cl.Nc1nc(N2CCC[C@@H](CN3CCN(c4ncc(C(=O)O)s4)CC3)C2)nc2nc(-c3ccco3)nn12. The summed E-state index contributed by atoms with van der Waals surface area (Å²) in [5, 5.41) is 14.3. The molecule has 2 fully saturated rings. The minimum Gasteiger partial charge on any atom is -0.477 e. The molecule has 0 aromatic carbocycles. The van der Waals surface area contributed by atoms with Crippen LogP contribution in [0.3, 0.4) is 0 Å². The van der Waals surface area contributed by atoms with Crippen molar-refractivity contribution in [1.29, 1.82) is 0 Å². The largest absolute Gasteiger partial charge is 0.477 e. The highest BCUT2D eigenvalue weighted by atomic mass is 35.5. The Morgan fingerprint density at radius 2 is 2.00 bits per heavy atom. The van der Waals surface area contributed by atoms with Crippen LogP contribution in [0.1, 0.15) is 22.5 Å². The van der Waals surface area contributed by atoms with E-state index >= 15 is 0 Å². The maximum atomic E-state index is 11.1. The van der Waals surface area contributed by atoms with E-state index in [1.165, 1.54) is 22.0 Å². The van der Waals surface area contributed by atoms with E-state index in [9.17, 15) is 4.79 Å². The number of hydrogen-bond donors (Lipinski definition) is 2. The molecular formula is C22H27ClN10O3S. The second-order valence-electron chi connectivity index (χ2n) is 9.06. The number of fused-ring (bicyclic) bond motifs is 1. The first-order valence-corrected chi connectivity index (χ1v) is 12.7. The number of nitrogens with two attached hydrogens (primary N) is 1. The monoisotopic (exact) mass is 546 g/mol. The number of nitrogens with zero attached hydrogens (tertiary/aromatic N) is 9. The molecular weight excluding hydrogens is 520 g/mol. The number of rotatable bonds is 6. The average Bonchev–Trinajstić information content (AvgIpc) is 3.65. The number of carboxylic acid groups (broad SMARTS) is 1. The number of thiazole rings is 1. The average molecular weight is 547 g/mol. The van der Waals surface area contributed by atoms with Gasteiger partial charge in [-0.3, -0.25) is 4.90 Å². The highest BCUT2D eigenvalue weighted by molar-refractivity contribution is 7.17. The second kappa shape index (κ2) is 10.5. The maximum absolute atomic E-state index is 11.1. The van der Waals surface area contributed by atoms with Crippen molar-refractivity contribution >= 4 is 52.5 Å². The molecule has 196 valence electrons. The molecule has 2 aliphatic rings. The number of carbonyl (C=O) groups is 1. The van der Waals surface area contributed by atoms with Crippen LogP contribution in [0.15, 0.2) is 29.0 Å². The Balaban J connectivity index is 0.00000280. The minimum atomic E-state index is -0.925. The molecule has 4 aromatic heterocycles. The summed E-state index contributed by atoms with van der Waals surface area (Å²) in [6.45, 7) is 6.23. The van der Waals surface area contributed by atoms with Crippen molar-refractivity contribution in [3.8, 4) is 11.6 Å². The van der Waals surface area contributed by atoms with Gasteiger partial charge >= 0.3 is 5.97 Å². The highest BCUT2D eigenvalue weighted by Gasteiger charge is 2.27. The molecule has 0 spiro atoms. The molecule has 0 aliphatic carbocycles. The number of piperidine rings is 1. The van der Waals surface area contributed by atoms with Crippen LogP contribution in [0.2, 0.25) is 0 Å². The Kier molecular flexibility index (Phi) is 7.13. The van der Waals surface area contributed by atoms with E-state index in [2.05, 4.69) is 39.7 Å². The summed E-state index contributed by atoms with van der Waals surface area (Å²) < 4.78 is 6.83. The first-order chi connectivity index (χ1) is 17.5. The Morgan fingerprint density at radius 1 is 1.16 bits per heavy atom. The fourth-order valence-electron chi connectivity index (χ4n) is 4.84. The van der Waals surface area contributed by atoms with Gasteiger partial charge in [0.05, 0.1) is 12.5 Å². The van der Waals surface area contributed by atoms with Crippen molar-refractivity contribution in [3.05, 3.63) is 29.5 Å². The van der Waals surface area contributed by atoms with Crippen LogP contribution in [0.5, 0.6) is 0 Å². The zero-order valence-electron chi connectivity index (χ0n) is 19.9. The van der Waals surface area contributed by atoms with Crippen molar-refractivity contribution in [2.45, 2.75) is 12.8 Å². The summed E-state index contributed by atoms with van der Waals surface area (Å²) in [5.41, 5.74) is 6.20. The zero-order valence-corrected chi connectivity index (χ0v) is 21.6. The number of aromatic carboxylic acids is 1. The van der Waals surface area contributed by atoms with E-state index in [1.807, 2.05) is 0 Å². The molecule has 0 amide bonds. The lowest BCUT2D eigenvalue weighted by Crippen LogP contribution is -2.49. The van der Waals surface area contributed by atoms with Gasteiger partial charge in [-0.2, -0.15) is 19.5 Å². The Labute approximate surface area is 222 Å². The Morgan fingerprint density at radius 3 is 2.73 bits per heavy atom. The number of anilines is 3. The topological polar surface area (TPSA) is 155 Å². The van der Waals surface area contributed by atoms with E-state index in [-0.39, 0.29) is 23.2 Å². The van der Waals surface area contributed by atoms with Gasteiger partial charge in [0.2, 0.25) is 17.7 Å². The van der Waals surface area contributed by atoms with Crippen molar-refractivity contribution in [2.24, 2.45) is 5.92 Å². The van der Waals surface area contributed by atoms with E-state index in [0.29, 0.717) is 29.2 Å². The summed E-state index contributed by atoms with van der Waals surface area (Å²) in [7, 11) is 0. The van der Waals surface area contributed by atoms with Gasteiger partial charge < -0.3 is 25.1 Å². The van der Waals surface area contributed by atoms with Gasteiger partial charge in [-0.25, -0.2) is 9.78 Å². The molecule has 6 heterocycles. The molecule has 2 aliphatic heterocycles. The normalized spacial score (nSPS) is 18.8. The number of carboxylic acids is 1. The lowest BCUT2D eigenvalue weighted by Gasteiger charge is -2.39. The van der Waals surface area contributed by atoms with Crippen LogP contribution < -0.4 is 15.5 Å². The molecule has 0 unspecified atom stereocenters. The lowest BCUT2D eigenvalue weighted by atomic mass is 9.97. The van der Waals surface area contributed by atoms with Gasteiger partial charge in [0.25, 0.3) is 5.78 Å². The van der Waals surface area contributed by atoms with Gasteiger partial charge in [0.1, 0.15) is 4.88 Å². The van der Waals surface area contributed by atoms with Crippen LogP contribution in [0, 0.1) is 5.92 Å². The summed E-state index contributed by atoms with van der Waals surface area (Å²) in [4.78, 5) is 36.2. The predicted molar refractivity (Wildman–Crippen MR) is 141 cm³/mol. The molecule has 1 atom stereocenters. The van der Waals surface area contributed by atoms with E-state index in [0.717, 1.165) is 63.8 Å². The Bertz CT molecular complexity index is 1370.